The van der Waals surface area contributed by atoms with E-state index in [0.717, 1.165) is 24.0 Å². The summed E-state index contributed by atoms with van der Waals surface area (Å²) >= 11 is 14.3. The van der Waals surface area contributed by atoms with Crippen molar-refractivity contribution in [1.29, 1.82) is 0 Å². The normalized spacial score (nSPS) is 16.4. The maximum atomic E-state index is 6.26. The zero-order valence-electron chi connectivity index (χ0n) is 11.1. The Bertz CT molecular complexity index is 606. The summed E-state index contributed by atoms with van der Waals surface area (Å²) in [7, 11) is 0. The first-order valence-corrected chi connectivity index (χ1v) is 8.13. The number of thioether (sulfide) groups is 1. The van der Waals surface area contributed by atoms with Crippen LogP contribution in [-0.4, -0.2) is 23.3 Å². The molecule has 0 aliphatic carbocycles. The lowest BCUT2D eigenvalue weighted by Gasteiger charge is -2.22. The van der Waals surface area contributed by atoms with Crippen molar-refractivity contribution in [2.45, 2.75) is 29.9 Å². The molecule has 2 aromatic rings. The van der Waals surface area contributed by atoms with E-state index in [9.17, 15) is 0 Å². The van der Waals surface area contributed by atoms with E-state index in [4.69, 9.17) is 23.2 Å². The van der Waals surface area contributed by atoms with Gasteiger partial charge in [0.15, 0.2) is 0 Å². The van der Waals surface area contributed by atoms with Crippen LogP contribution < -0.4 is 5.32 Å². The van der Waals surface area contributed by atoms with Crippen LogP contribution in [0.25, 0.3) is 10.9 Å². The molecule has 1 aromatic heterocycles. The molecule has 0 spiro atoms. The van der Waals surface area contributed by atoms with Crippen LogP contribution in [-0.2, 0) is 0 Å². The minimum absolute atomic E-state index is 0. The highest BCUT2D eigenvalue weighted by molar-refractivity contribution is 8.00. The van der Waals surface area contributed by atoms with Crippen LogP contribution in [0.3, 0.4) is 0 Å². The number of rotatable bonds is 2. The summed E-state index contributed by atoms with van der Waals surface area (Å²) in [5.74, 6) is 0. The number of hydrogen-bond acceptors (Lipinski definition) is 2. The summed E-state index contributed by atoms with van der Waals surface area (Å²) < 4.78 is 0. The summed E-state index contributed by atoms with van der Waals surface area (Å²) in [6.45, 7) is 4.33. The van der Waals surface area contributed by atoms with Gasteiger partial charge < -0.3 is 10.3 Å². The molecule has 1 aliphatic rings. The quantitative estimate of drug-likeness (QED) is 0.792. The van der Waals surface area contributed by atoms with Crippen molar-refractivity contribution in [2.24, 2.45) is 0 Å². The smallest absolute Gasteiger partial charge is 0.0662 e. The van der Waals surface area contributed by atoms with Gasteiger partial charge in [-0.1, -0.05) is 23.2 Å². The lowest BCUT2D eigenvalue weighted by atomic mass is 10.2. The molecule has 110 valence electrons. The second-order valence-corrected chi connectivity index (χ2v) is 7.11. The summed E-state index contributed by atoms with van der Waals surface area (Å²) in [4.78, 5) is 4.68. The van der Waals surface area contributed by atoms with E-state index in [1.807, 2.05) is 17.8 Å². The van der Waals surface area contributed by atoms with E-state index in [1.165, 1.54) is 23.4 Å². The largest absolute Gasteiger partial charge is 0.356 e. The van der Waals surface area contributed by atoms with Crippen molar-refractivity contribution >= 4 is 58.3 Å². The van der Waals surface area contributed by atoms with Crippen molar-refractivity contribution in [2.75, 3.05) is 13.1 Å². The van der Waals surface area contributed by atoms with Crippen LogP contribution >= 0.6 is 47.4 Å². The van der Waals surface area contributed by atoms with Gasteiger partial charge in [0.05, 0.1) is 10.5 Å². The Balaban J connectivity index is 0.00000147. The molecule has 1 fully saturated rings. The second-order valence-electron chi connectivity index (χ2n) is 4.96. The number of H-pyrrole nitrogens is 1. The predicted octanol–water partition coefficient (Wildman–Crippen LogP) is 5.05. The topological polar surface area (TPSA) is 27.8 Å². The van der Waals surface area contributed by atoms with Crippen LogP contribution in [0.1, 0.15) is 18.5 Å². The molecule has 0 saturated carbocycles. The van der Waals surface area contributed by atoms with Gasteiger partial charge in [0.2, 0.25) is 0 Å². The Labute approximate surface area is 139 Å². The van der Waals surface area contributed by atoms with Crippen LogP contribution in [0.5, 0.6) is 0 Å². The molecule has 3 rings (SSSR count). The van der Waals surface area contributed by atoms with Gasteiger partial charge in [0.25, 0.3) is 0 Å². The van der Waals surface area contributed by atoms with E-state index in [1.54, 1.807) is 6.07 Å². The number of hydrogen-bond donors (Lipinski definition) is 2. The van der Waals surface area contributed by atoms with Gasteiger partial charge in [-0.2, -0.15) is 0 Å². The molecule has 2 nitrogen and oxygen atoms in total. The number of piperidine rings is 1. The highest BCUT2D eigenvalue weighted by Crippen LogP contribution is 2.40. The molecule has 6 heteroatoms. The number of halogens is 3. The average Bonchev–Trinajstić information content (AvgIpc) is 2.69. The van der Waals surface area contributed by atoms with E-state index in [0.29, 0.717) is 15.3 Å². The first kappa shape index (κ1) is 16.3. The van der Waals surface area contributed by atoms with Crippen molar-refractivity contribution in [3.63, 3.8) is 0 Å². The van der Waals surface area contributed by atoms with E-state index < -0.39 is 0 Å². The van der Waals surface area contributed by atoms with Gasteiger partial charge in [0.1, 0.15) is 0 Å². The number of benzene rings is 1. The molecule has 0 bridgehead atoms. The molecule has 0 atom stereocenters. The maximum absolute atomic E-state index is 6.26. The van der Waals surface area contributed by atoms with Crippen molar-refractivity contribution < 1.29 is 0 Å². The molecular formula is C14H17Cl3N2S. The Morgan fingerprint density at radius 1 is 1.20 bits per heavy atom. The fraction of sp³-hybridized carbons (Fsp3) is 0.429. The van der Waals surface area contributed by atoms with Crippen LogP contribution in [0.2, 0.25) is 10.0 Å². The number of nitrogens with one attached hydrogen (secondary N) is 2. The van der Waals surface area contributed by atoms with Gasteiger partial charge in [-0.05, 0) is 45.0 Å². The Kier molecular flexibility index (Phi) is 5.55. The monoisotopic (exact) mass is 350 g/mol. The number of fused-ring (bicyclic) bond motifs is 1. The van der Waals surface area contributed by atoms with Gasteiger partial charge in [-0.3, -0.25) is 0 Å². The summed E-state index contributed by atoms with van der Waals surface area (Å²) in [5.41, 5.74) is 2.18. The third-order valence-electron chi connectivity index (χ3n) is 3.52. The standard InChI is InChI=1S/C14H16Cl2N2S.ClH/c1-8-14(19-10-2-4-17-5-3-10)11-6-9(15)7-12(16)13(11)18-8;/h6-7,10,17-18H,2-5H2,1H3;1H. The molecule has 2 N–H and O–H groups in total. The zero-order valence-corrected chi connectivity index (χ0v) is 14.3. The van der Waals surface area contributed by atoms with Crippen LogP contribution in [0.4, 0.5) is 0 Å². The Morgan fingerprint density at radius 2 is 1.90 bits per heavy atom. The SMILES string of the molecule is Cc1[nH]c2c(Cl)cc(Cl)cc2c1SC1CCNCC1.Cl. The molecule has 1 aliphatic heterocycles. The van der Waals surface area contributed by atoms with Crippen LogP contribution in [0, 0.1) is 6.92 Å². The highest BCUT2D eigenvalue weighted by Gasteiger charge is 2.19. The Hall–Kier alpha value is -0.0600. The molecule has 20 heavy (non-hydrogen) atoms. The predicted molar refractivity (Wildman–Crippen MR) is 92.1 cm³/mol. The van der Waals surface area contributed by atoms with Crippen molar-refractivity contribution in [3.05, 3.63) is 27.9 Å². The molecule has 1 aromatic carbocycles. The third-order valence-corrected chi connectivity index (χ3v) is 5.61. The number of aromatic amines is 1. The minimum Gasteiger partial charge on any atom is -0.356 e. The number of aryl methyl sites for hydroxylation is 1. The fourth-order valence-corrected chi connectivity index (χ4v) is 4.42. The third kappa shape index (κ3) is 3.23. The van der Waals surface area contributed by atoms with Crippen LogP contribution in [0.15, 0.2) is 17.0 Å². The minimum atomic E-state index is 0. The molecule has 1 saturated heterocycles. The molecule has 0 unspecified atom stereocenters. The summed E-state index contributed by atoms with van der Waals surface area (Å²) in [6.07, 6.45) is 2.43. The summed E-state index contributed by atoms with van der Waals surface area (Å²) in [6, 6.07) is 3.80. The molecule has 2 heterocycles. The first-order valence-electron chi connectivity index (χ1n) is 6.50. The summed E-state index contributed by atoms with van der Waals surface area (Å²) in [5, 5.41) is 6.62. The van der Waals surface area contributed by atoms with E-state index in [2.05, 4.69) is 17.2 Å². The molecular weight excluding hydrogens is 335 g/mol. The Morgan fingerprint density at radius 3 is 2.60 bits per heavy atom. The zero-order chi connectivity index (χ0) is 13.4. The van der Waals surface area contributed by atoms with Gasteiger partial charge in [0, 0.05) is 26.2 Å². The second kappa shape index (κ2) is 6.80. The first-order chi connectivity index (χ1) is 9.15. The van der Waals surface area contributed by atoms with E-state index >= 15 is 0 Å². The van der Waals surface area contributed by atoms with Crippen molar-refractivity contribution in [3.8, 4) is 0 Å². The van der Waals surface area contributed by atoms with Gasteiger partial charge in [-0.15, -0.1) is 24.2 Å². The molecule has 0 amide bonds. The maximum Gasteiger partial charge on any atom is 0.0662 e. The van der Waals surface area contributed by atoms with Gasteiger partial charge in [-0.25, -0.2) is 0 Å². The van der Waals surface area contributed by atoms with Gasteiger partial charge >= 0.3 is 0 Å². The fourth-order valence-electron chi connectivity index (χ4n) is 2.56. The highest BCUT2D eigenvalue weighted by atomic mass is 35.5. The number of aromatic nitrogens is 1. The average molecular weight is 352 g/mol. The lowest BCUT2D eigenvalue weighted by Crippen LogP contribution is -2.29. The van der Waals surface area contributed by atoms with E-state index in [-0.39, 0.29) is 12.4 Å². The molecule has 0 radical (unpaired) electrons. The lowest BCUT2D eigenvalue weighted by molar-refractivity contribution is 0.531. The van der Waals surface area contributed by atoms with Crippen molar-refractivity contribution in [1.82, 2.24) is 10.3 Å².